The number of aromatic nitrogens is 1. The third kappa shape index (κ3) is 5.74. The lowest BCUT2D eigenvalue weighted by molar-refractivity contribution is -0.0870. The van der Waals surface area contributed by atoms with E-state index >= 15 is 0 Å². The molecule has 2 fully saturated rings. The molecular weight excluding hydrogens is 569 g/mol. The number of carbonyl (C=O) groups is 1. The molecule has 4 atom stereocenters. The number of sulfone groups is 1. The summed E-state index contributed by atoms with van der Waals surface area (Å²) in [5.41, 5.74) is -0.914. The summed E-state index contributed by atoms with van der Waals surface area (Å²) in [6.07, 6.45) is 3.33. The molecule has 0 radical (unpaired) electrons. The number of nitrogens with zero attached hydrogens (tertiary/aromatic N) is 1. The maximum atomic E-state index is 13.9. The Morgan fingerprint density at radius 2 is 1.75 bits per heavy atom. The van der Waals surface area contributed by atoms with Crippen LogP contribution in [-0.4, -0.2) is 41.9 Å². The summed E-state index contributed by atoms with van der Waals surface area (Å²) in [6, 6.07) is 10.3. The number of ether oxygens (including phenoxy) is 1. The van der Waals surface area contributed by atoms with E-state index in [0.717, 1.165) is 11.8 Å². The first-order valence-corrected chi connectivity index (χ1v) is 14.6. The van der Waals surface area contributed by atoms with E-state index in [2.05, 4.69) is 10.3 Å². The SMILES string of the molecule is O=C(Nc1cc(F)c(F)c(F)c1)c1ccc(Cl)c(S(=O)(=O)C2C3CC[C@H]2CC(O)(COCc2ccccn2)C3)c1. The molecule has 2 saturated carbocycles. The molecule has 1 amide bonds. The van der Waals surface area contributed by atoms with Gasteiger partial charge in [-0.1, -0.05) is 17.7 Å². The fourth-order valence-electron chi connectivity index (χ4n) is 5.93. The predicted octanol–water partition coefficient (Wildman–Crippen LogP) is 5.31. The molecule has 3 aromatic rings. The molecule has 0 spiro atoms. The van der Waals surface area contributed by atoms with Crippen molar-refractivity contribution in [3.63, 3.8) is 0 Å². The maximum Gasteiger partial charge on any atom is 0.255 e. The van der Waals surface area contributed by atoms with Crippen molar-refractivity contribution < 1.29 is 36.2 Å². The number of nitrogens with one attached hydrogen (secondary N) is 1. The Morgan fingerprint density at radius 1 is 1.07 bits per heavy atom. The molecule has 7 nitrogen and oxygen atoms in total. The van der Waals surface area contributed by atoms with Crippen molar-refractivity contribution in [2.45, 2.75) is 48.0 Å². The lowest BCUT2D eigenvalue weighted by Crippen LogP contribution is -2.48. The summed E-state index contributed by atoms with van der Waals surface area (Å²) >= 11 is 6.30. The normalized spacial score (nSPS) is 24.2. The highest BCUT2D eigenvalue weighted by Gasteiger charge is 2.54. The average Bonchev–Trinajstić information content (AvgIpc) is 3.21. The van der Waals surface area contributed by atoms with E-state index in [4.69, 9.17) is 16.3 Å². The quantitative estimate of drug-likeness (QED) is 0.342. The van der Waals surface area contributed by atoms with Crippen molar-refractivity contribution in [1.29, 1.82) is 0 Å². The molecular formula is C28H26ClF3N2O5S. The average molecular weight is 595 g/mol. The Morgan fingerprint density at radius 3 is 2.38 bits per heavy atom. The molecule has 2 aromatic carbocycles. The first kappa shape index (κ1) is 28.5. The zero-order valence-electron chi connectivity index (χ0n) is 21.1. The second-order valence-corrected chi connectivity index (χ2v) is 12.9. The number of rotatable bonds is 8. The number of amides is 1. The van der Waals surface area contributed by atoms with E-state index in [9.17, 15) is 31.5 Å². The van der Waals surface area contributed by atoms with Crippen molar-refractivity contribution in [3.05, 3.63) is 88.5 Å². The summed E-state index contributed by atoms with van der Waals surface area (Å²) < 4.78 is 73.8. The Balaban J connectivity index is 1.32. The number of fused-ring (bicyclic) bond motifs is 2. The van der Waals surface area contributed by atoms with E-state index in [-0.39, 0.29) is 59.1 Å². The van der Waals surface area contributed by atoms with Crippen molar-refractivity contribution in [2.75, 3.05) is 11.9 Å². The Bertz CT molecular complexity index is 1500. The van der Waals surface area contributed by atoms with Crippen LogP contribution in [0.1, 0.15) is 41.7 Å². The topological polar surface area (TPSA) is 106 Å². The number of hydrogen-bond acceptors (Lipinski definition) is 6. The van der Waals surface area contributed by atoms with Gasteiger partial charge in [0.2, 0.25) is 0 Å². The number of hydrogen-bond donors (Lipinski definition) is 2. The molecule has 0 saturated heterocycles. The van der Waals surface area contributed by atoms with Crippen molar-refractivity contribution in [3.8, 4) is 0 Å². The van der Waals surface area contributed by atoms with Crippen LogP contribution in [0.15, 0.2) is 59.6 Å². The van der Waals surface area contributed by atoms with E-state index in [1.54, 1.807) is 12.3 Å². The smallest absolute Gasteiger partial charge is 0.255 e. The Labute approximate surface area is 234 Å². The third-order valence-corrected chi connectivity index (χ3v) is 10.4. The summed E-state index contributed by atoms with van der Waals surface area (Å²) in [5.74, 6) is -6.18. The first-order chi connectivity index (χ1) is 19.0. The molecule has 2 N–H and O–H groups in total. The van der Waals surface area contributed by atoms with Crippen LogP contribution in [0.5, 0.6) is 0 Å². The van der Waals surface area contributed by atoms with Gasteiger partial charge in [0.25, 0.3) is 5.91 Å². The summed E-state index contributed by atoms with van der Waals surface area (Å²) in [7, 11) is -4.03. The van der Waals surface area contributed by atoms with Gasteiger partial charge in [-0.15, -0.1) is 0 Å². The second-order valence-electron chi connectivity index (χ2n) is 10.4. The van der Waals surface area contributed by atoms with Crippen LogP contribution < -0.4 is 5.32 Å². The van der Waals surface area contributed by atoms with E-state index in [1.807, 2.05) is 12.1 Å². The molecule has 2 bridgehead atoms. The van der Waals surface area contributed by atoms with Crippen LogP contribution in [0, 0.1) is 29.3 Å². The van der Waals surface area contributed by atoms with E-state index < -0.39 is 44.0 Å². The molecule has 212 valence electrons. The van der Waals surface area contributed by atoms with Gasteiger partial charge in [0.05, 0.1) is 39.7 Å². The predicted molar refractivity (Wildman–Crippen MR) is 141 cm³/mol. The number of benzene rings is 2. The monoisotopic (exact) mass is 594 g/mol. The van der Waals surface area contributed by atoms with Crippen molar-refractivity contribution in [1.82, 2.24) is 4.98 Å². The highest BCUT2D eigenvalue weighted by Crippen LogP contribution is 2.51. The van der Waals surface area contributed by atoms with Gasteiger partial charge < -0.3 is 15.2 Å². The maximum absolute atomic E-state index is 13.9. The fraction of sp³-hybridized carbons (Fsp3) is 0.357. The highest BCUT2D eigenvalue weighted by molar-refractivity contribution is 7.92. The number of halogens is 4. The Kier molecular flexibility index (Phi) is 7.93. The molecule has 40 heavy (non-hydrogen) atoms. The van der Waals surface area contributed by atoms with Crippen LogP contribution >= 0.6 is 11.6 Å². The van der Waals surface area contributed by atoms with E-state index in [1.165, 1.54) is 12.1 Å². The van der Waals surface area contributed by atoms with Crippen LogP contribution in [0.3, 0.4) is 0 Å². The largest absolute Gasteiger partial charge is 0.387 e. The standard InChI is InChI=1S/C28H26ClF3N2O5S/c29-21-7-6-16(27(35)34-20-10-22(30)25(32)23(31)11-20)9-24(21)40(37,38)26-17-4-5-18(26)13-28(36,12-17)15-39-14-19-3-1-2-8-33-19/h1-3,6-11,17-18,26,36H,4-5,12-15H2,(H,34,35)/t17-,18?,26?,28?/m0/s1. The zero-order valence-corrected chi connectivity index (χ0v) is 22.7. The summed E-state index contributed by atoms with van der Waals surface area (Å²) in [4.78, 5) is 16.7. The number of aliphatic hydroxyl groups is 1. The molecule has 12 heteroatoms. The van der Waals surface area contributed by atoms with E-state index in [0.29, 0.717) is 25.0 Å². The molecule has 3 unspecified atom stereocenters. The third-order valence-electron chi connectivity index (χ3n) is 7.57. The van der Waals surface area contributed by atoms with Crippen LogP contribution in [-0.2, 0) is 21.2 Å². The first-order valence-electron chi connectivity index (χ1n) is 12.7. The van der Waals surface area contributed by atoms with Gasteiger partial charge in [0.15, 0.2) is 27.3 Å². The van der Waals surface area contributed by atoms with Gasteiger partial charge in [-0.25, -0.2) is 21.6 Å². The number of pyridine rings is 1. The molecule has 2 aliphatic rings. The lowest BCUT2D eigenvalue weighted by atomic mass is 9.77. The second kappa shape index (κ2) is 11.1. The molecule has 5 rings (SSSR count). The highest BCUT2D eigenvalue weighted by atomic mass is 35.5. The minimum Gasteiger partial charge on any atom is -0.387 e. The van der Waals surface area contributed by atoms with Gasteiger partial charge in [-0.05, 0) is 67.9 Å². The minimum absolute atomic E-state index is 0.0460. The Hall–Kier alpha value is -2.99. The van der Waals surface area contributed by atoms with Crippen LogP contribution in [0.25, 0.3) is 0 Å². The minimum atomic E-state index is -4.03. The van der Waals surface area contributed by atoms with Gasteiger partial charge in [-0.3, -0.25) is 9.78 Å². The zero-order chi connectivity index (χ0) is 28.7. The van der Waals surface area contributed by atoms with Gasteiger partial charge in [0.1, 0.15) is 0 Å². The van der Waals surface area contributed by atoms with Crippen LogP contribution in [0.2, 0.25) is 5.02 Å². The summed E-state index contributed by atoms with van der Waals surface area (Å²) in [5, 5.41) is 12.6. The van der Waals surface area contributed by atoms with Crippen molar-refractivity contribution >= 4 is 33.0 Å². The van der Waals surface area contributed by atoms with Gasteiger partial charge in [-0.2, -0.15) is 0 Å². The van der Waals surface area contributed by atoms with Gasteiger partial charge >= 0.3 is 0 Å². The van der Waals surface area contributed by atoms with Gasteiger partial charge in [0, 0.05) is 29.6 Å². The van der Waals surface area contributed by atoms with Crippen LogP contribution in [0.4, 0.5) is 18.9 Å². The molecule has 2 aliphatic carbocycles. The molecule has 1 heterocycles. The molecule has 1 aromatic heterocycles. The lowest BCUT2D eigenvalue weighted by Gasteiger charge is -2.40. The fourth-order valence-corrected chi connectivity index (χ4v) is 8.77. The number of carbonyl (C=O) groups excluding carboxylic acids is 1. The van der Waals surface area contributed by atoms with Crippen molar-refractivity contribution in [2.24, 2.45) is 11.8 Å². The summed E-state index contributed by atoms with van der Waals surface area (Å²) in [6.45, 7) is 0.270. The number of anilines is 1. The molecule has 0 aliphatic heterocycles.